The number of anilines is 2. The van der Waals surface area contributed by atoms with Crippen molar-refractivity contribution in [2.45, 2.75) is 40.0 Å². The van der Waals surface area contributed by atoms with Crippen molar-refractivity contribution in [3.8, 4) is 0 Å². The lowest BCUT2D eigenvalue weighted by Crippen LogP contribution is -2.36. The van der Waals surface area contributed by atoms with Crippen molar-refractivity contribution in [3.63, 3.8) is 0 Å². The van der Waals surface area contributed by atoms with Gasteiger partial charge in [-0.25, -0.2) is 0 Å². The van der Waals surface area contributed by atoms with Crippen LogP contribution >= 0.6 is 12.2 Å². The second-order valence-corrected chi connectivity index (χ2v) is 8.04. The zero-order chi connectivity index (χ0) is 21.6. The Morgan fingerprint density at radius 1 is 1.07 bits per heavy atom. The molecular formula is C23H29N3O2S. The van der Waals surface area contributed by atoms with Gasteiger partial charge in [-0.3, -0.25) is 9.59 Å². The summed E-state index contributed by atoms with van der Waals surface area (Å²) < 4.78 is 0. The molecule has 0 aliphatic rings. The molecule has 2 aromatic carbocycles. The van der Waals surface area contributed by atoms with E-state index in [0.29, 0.717) is 11.6 Å². The van der Waals surface area contributed by atoms with Gasteiger partial charge in [-0.15, -0.1) is 0 Å². The number of hydrogen-bond acceptors (Lipinski definition) is 3. The van der Waals surface area contributed by atoms with E-state index in [-0.39, 0.29) is 22.8 Å². The summed E-state index contributed by atoms with van der Waals surface area (Å²) in [6.45, 7) is 7.73. The van der Waals surface area contributed by atoms with Crippen LogP contribution in [0.4, 0.5) is 11.4 Å². The van der Waals surface area contributed by atoms with E-state index in [2.05, 4.69) is 36.6 Å². The van der Waals surface area contributed by atoms with Crippen LogP contribution in [0.25, 0.3) is 0 Å². The molecule has 0 aliphatic heterocycles. The first kappa shape index (κ1) is 22.6. The summed E-state index contributed by atoms with van der Waals surface area (Å²) in [5.74, 6) is 0.0409. The normalized spacial score (nSPS) is 11.7. The summed E-state index contributed by atoms with van der Waals surface area (Å²) in [4.78, 5) is 25.6. The monoisotopic (exact) mass is 411 g/mol. The molecule has 2 N–H and O–H groups in total. The van der Waals surface area contributed by atoms with Gasteiger partial charge >= 0.3 is 0 Å². The van der Waals surface area contributed by atoms with Crippen LogP contribution in [0.2, 0.25) is 0 Å². The Kier molecular flexibility index (Phi) is 7.91. The van der Waals surface area contributed by atoms with Crippen LogP contribution in [-0.2, 0) is 16.0 Å². The third-order valence-corrected chi connectivity index (χ3v) is 4.92. The quantitative estimate of drug-likeness (QED) is 0.688. The number of carbonyl (C=O) groups excluding carboxylic acids is 2. The first-order valence-electron chi connectivity index (χ1n) is 9.72. The van der Waals surface area contributed by atoms with Gasteiger partial charge in [-0.05, 0) is 60.8 Å². The number of thiocarbonyl (C=S) groups is 1. The van der Waals surface area contributed by atoms with E-state index < -0.39 is 0 Å². The molecule has 0 aliphatic carbocycles. The van der Waals surface area contributed by atoms with Crippen molar-refractivity contribution in [1.82, 2.24) is 5.32 Å². The molecule has 0 radical (unpaired) electrons. The first-order valence-corrected chi connectivity index (χ1v) is 10.1. The summed E-state index contributed by atoms with van der Waals surface area (Å²) in [7, 11) is 1.70. The maximum Gasteiger partial charge on any atom is 0.233 e. The fraction of sp³-hybridized carbons (Fsp3) is 0.348. The third kappa shape index (κ3) is 6.68. The zero-order valence-electron chi connectivity index (χ0n) is 17.7. The smallest absolute Gasteiger partial charge is 0.233 e. The van der Waals surface area contributed by atoms with Crippen LogP contribution in [0, 0.1) is 5.92 Å². The van der Waals surface area contributed by atoms with Crippen LogP contribution in [-0.4, -0.2) is 24.0 Å². The molecule has 0 saturated carbocycles. The summed E-state index contributed by atoms with van der Waals surface area (Å²) in [5.41, 5.74) is 3.66. The van der Waals surface area contributed by atoms with Crippen molar-refractivity contribution < 1.29 is 9.59 Å². The lowest BCUT2D eigenvalue weighted by molar-refractivity contribution is -0.120. The minimum atomic E-state index is -0.321. The predicted octanol–water partition coefficient (Wildman–Crippen LogP) is 4.48. The van der Waals surface area contributed by atoms with Crippen molar-refractivity contribution in [2.75, 3.05) is 17.3 Å². The van der Waals surface area contributed by atoms with Gasteiger partial charge in [-0.1, -0.05) is 44.2 Å². The van der Waals surface area contributed by atoms with Gasteiger partial charge in [0, 0.05) is 25.3 Å². The van der Waals surface area contributed by atoms with E-state index in [4.69, 9.17) is 12.2 Å². The van der Waals surface area contributed by atoms with E-state index in [0.717, 1.165) is 17.7 Å². The van der Waals surface area contributed by atoms with Crippen molar-refractivity contribution >= 4 is 40.5 Å². The molecule has 0 aromatic heterocycles. The summed E-state index contributed by atoms with van der Waals surface area (Å²) >= 11 is 5.29. The molecule has 0 spiro atoms. The van der Waals surface area contributed by atoms with E-state index in [1.54, 1.807) is 13.1 Å². The lowest BCUT2D eigenvalue weighted by atomic mass is 9.96. The van der Waals surface area contributed by atoms with Crippen LogP contribution in [0.3, 0.4) is 0 Å². The molecule has 6 heteroatoms. The van der Waals surface area contributed by atoms with Crippen LogP contribution < -0.4 is 15.5 Å². The average Bonchev–Trinajstić information content (AvgIpc) is 2.66. The molecule has 2 rings (SSSR count). The Hall–Kier alpha value is -2.73. The number of nitrogens with zero attached hydrogens (tertiary/aromatic N) is 1. The Balaban J connectivity index is 1.97. The fourth-order valence-corrected chi connectivity index (χ4v) is 3.14. The molecule has 0 heterocycles. The fourth-order valence-electron chi connectivity index (χ4n) is 2.92. The van der Waals surface area contributed by atoms with Crippen molar-refractivity contribution in [2.24, 2.45) is 5.92 Å². The molecule has 0 bridgehead atoms. The lowest BCUT2D eigenvalue weighted by Gasteiger charge is -2.17. The molecular weight excluding hydrogens is 382 g/mol. The number of amides is 2. The number of nitrogens with one attached hydrogen (secondary N) is 2. The molecule has 1 atom stereocenters. The maximum absolute atomic E-state index is 12.6. The van der Waals surface area contributed by atoms with Crippen LogP contribution in [0.1, 0.15) is 44.7 Å². The molecule has 0 fully saturated rings. The zero-order valence-corrected chi connectivity index (χ0v) is 18.5. The minimum Gasteiger partial charge on any atom is -0.332 e. The highest BCUT2D eigenvalue weighted by Gasteiger charge is 2.17. The Morgan fingerprint density at radius 2 is 1.72 bits per heavy atom. The Labute approximate surface area is 178 Å². The number of hydrogen-bond donors (Lipinski definition) is 2. The highest BCUT2D eigenvalue weighted by molar-refractivity contribution is 7.80. The molecule has 2 amide bonds. The van der Waals surface area contributed by atoms with Gasteiger partial charge in [0.25, 0.3) is 0 Å². The second-order valence-electron chi connectivity index (χ2n) is 7.63. The number of benzene rings is 2. The van der Waals surface area contributed by atoms with E-state index in [1.165, 1.54) is 17.4 Å². The van der Waals surface area contributed by atoms with E-state index in [9.17, 15) is 9.59 Å². The third-order valence-electron chi connectivity index (χ3n) is 4.72. The molecule has 29 heavy (non-hydrogen) atoms. The average molecular weight is 412 g/mol. The van der Waals surface area contributed by atoms with Crippen molar-refractivity contribution in [3.05, 3.63) is 59.7 Å². The minimum absolute atomic E-state index is 0.0636. The van der Waals surface area contributed by atoms with Gasteiger partial charge < -0.3 is 15.5 Å². The van der Waals surface area contributed by atoms with E-state index in [1.807, 2.05) is 37.3 Å². The van der Waals surface area contributed by atoms with Gasteiger partial charge in [0.05, 0.1) is 5.92 Å². The summed E-state index contributed by atoms with van der Waals surface area (Å²) in [6, 6.07) is 15.4. The standard InChI is InChI=1S/C23H29N3O2S/c1-15(2)13-18-9-11-19(12-10-18)16(3)22(28)25-23(29)24-20-7-6-8-21(14-20)26(5)17(4)27/h6-12,14-16H,13H2,1-5H3,(H2,24,25,28,29). The van der Waals surface area contributed by atoms with Gasteiger partial charge in [-0.2, -0.15) is 0 Å². The maximum atomic E-state index is 12.6. The van der Waals surface area contributed by atoms with Crippen LogP contribution in [0.5, 0.6) is 0 Å². The molecule has 154 valence electrons. The predicted molar refractivity (Wildman–Crippen MR) is 123 cm³/mol. The molecule has 1 unspecified atom stereocenters. The van der Waals surface area contributed by atoms with Crippen LogP contribution in [0.15, 0.2) is 48.5 Å². The van der Waals surface area contributed by atoms with Gasteiger partial charge in [0.15, 0.2) is 5.11 Å². The Bertz CT molecular complexity index is 878. The second kappa shape index (κ2) is 10.2. The number of carbonyl (C=O) groups is 2. The highest BCUT2D eigenvalue weighted by atomic mass is 32.1. The summed E-state index contributed by atoms with van der Waals surface area (Å²) in [5, 5.41) is 5.97. The largest absolute Gasteiger partial charge is 0.332 e. The molecule has 2 aromatic rings. The highest BCUT2D eigenvalue weighted by Crippen LogP contribution is 2.20. The van der Waals surface area contributed by atoms with Crippen molar-refractivity contribution in [1.29, 1.82) is 0 Å². The topological polar surface area (TPSA) is 61.4 Å². The van der Waals surface area contributed by atoms with Gasteiger partial charge in [0.1, 0.15) is 0 Å². The number of rotatable bonds is 6. The molecule has 5 nitrogen and oxygen atoms in total. The summed E-state index contributed by atoms with van der Waals surface area (Å²) in [6.07, 6.45) is 1.02. The Morgan fingerprint density at radius 3 is 2.31 bits per heavy atom. The first-order chi connectivity index (χ1) is 13.7. The van der Waals surface area contributed by atoms with Gasteiger partial charge in [0.2, 0.25) is 11.8 Å². The molecule has 0 saturated heterocycles. The van der Waals surface area contributed by atoms with E-state index >= 15 is 0 Å². The SMILES string of the molecule is CC(=O)N(C)c1cccc(NC(=S)NC(=O)C(C)c2ccc(CC(C)C)cc2)c1.